The smallest absolute Gasteiger partial charge is 0.343 e. The van der Waals surface area contributed by atoms with E-state index in [1.54, 1.807) is 31.2 Å². The van der Waals surface area contributed by atoms with Crippen LogP contribution in [0.1, 0.15) is 43.6 Å². The molecule has 7 nitrogen and oxygen atoms in total. The zero-order valence-electron chi connectivity index (χ0n) is 16.2. The Hall–Kier alpha value is -3.40. The average Bonchev–Trinajstić information content (AvgIpc) is 2.61. The van der Waals surface area contributed by atoms with Crippen LogP contribution in [0.4, 0.5) is 0 Å². The van der Waals surface area contributed by atoms with Gasteiger partial charge in [-0.2, -0.15) is 5.26 Å². The van der Waals surface area contributed by atoms with Gasteiger partial charge in [-0.25, -0.2) is 4.79 Å². The maximum atomic E-state index is 12.6. The Morgan fingerprint density at radius 1 is 1.29 bits per heavy atom. The lowest BCUT2D eigenvalue weighted by atomic mass is 9.84. The van der Waals surface area contributed by atoms with E-state index in [1.165, 1.54) is 0 Å². The number of hydrogen-bond acceptors (Lipinski definition) is 7. The molecule has 1 atom stereocenters. The predicted octanol–water partition coefficient (Wildman–Crippen LogP) is 3.35. The second-order valence-electron chi connectivity index (χ2n) is 6.65. The van der Waals surface area contributed by atoms with E-state index >= 15 is 0 Å². The Bertz CT molecular complexity index is 1030. The monoisotopic (exact) mass is 382 g/mol. The molecule has 7 heteroatoms. The first-order valence-electron chi connectivity index (χ1n) is 9.01. The number of aryl methyl sites for hydroxylation is 1. The summed E-state index contributed by atoms with van der Waals surface area (Å²) in [7, 11) is 0. The highest BCUT2D eigenvalue weighted by atomic mass is 16.5. The molecule has 0 saturated carbocycles. The van der Waals surface area contributed by atoms with Crippen LogP contribution < -0.4 is 25.6 Å². The molecule has 2 heterocycles. The Morgan fingerprint density at radius 3 is 2.68 bits per heavy atom. The van der Waals surface area contributed by atoms with Gasteiger partial charge in [-0.3, -0.25) is 0 Å². The van der Waals surface area contributed by atoms with Gasteiger partial charge in [0, 0.05) is 6.07 Å². The molecule has 2 N–H and O–H groups in total. The minimum atomic E-state index is -0.724. The van der Waals surface area contributed by atoms with E-state index in [2.05, 4.69) is 6.07 Å². The molecule has 0 fully saturated rings. The van der Waals surface area contributed by atoms with E-state index in [4.69, 9.17) is 24.4 Å². The number of nitriles is 1. The number of benzene rings is 1. The van der Waals surface area contributed by atoms with Crippen molar-refractivity contribution in [2.45, 2.75) is 39.7 Å². The van der Waals surface area contributed by atoms with Crippen LogP contribution in [0.3, 0.4) is 0 Å². The summed E-state index contributed by atoms with van der Waals surface area (Å²) in [4.78, 5) is 12.6. The number of hydrogen-bond donors (Lipinski definition) is 1. The molecule has 1 aliphatic heterocycles. The van der Waals surface area contributed by atoms with E-state index in [1.807, 2.05) is 20.8 Å². The molecule has 0 aliphatic carbocycles. The third-order valence-electron chi connectivity index (χ3n) is 4.22. The van der Waals surface area contributed by atoms with Crippen LogP contribution in [0.15, 0.2) is 44.9 Å². The predicted molar refractivity (Wildman–Crippen MR) is 102 cm³/mol. The van der Waals surface area contributed by atoms with Crippen LogP contribution in [0.25, 0.3) is 0 Å². The summed E-state index contributed by atoms with van der Waals surface area (Å²) < 4.78 is 22.3. The van der Waals surface area contributed by atoms with Crippen LogP contribution in [0, 0.1) is 18.3 Å². The Balaban J connectivity index is 2.21. The van der Waals surface area contributed by atoms with Gasteiger partial charge in [0.2, 0.25) is 5.88 Å². The molecule has 2 aromatic rings. The second kappa shape index (κ2) is 7.69. The minimum Gasteiger partial charge on any atom is -0.490 e. The van der Waals surface area contributed by atoms with E-state index in [0.29, 0.717) is 29.4 Å². The maximum absolute atomic E-state index is 12.6. The molecule has 0 bridgehead atoms. The summed E-state index contributed by atoms with van der Waals surface area (Å²) in [6.07, 6.45) is -0.0332. The van der Waals surface area contributed by atoms with Gasteiger partial charge in [-0.1, -0.05) is 6.07 Å². The number of nitrogens with two attached hydrogens (primary N) is 1. The zero-order chi connectivity index (χ0) is 20.4. The van der Waals surface area contributed by atoms with Crippen molar-refractivity contribution in [3.05, 3.63) is 63.0 Å². The molecule has 1 aliphatic rings. The Labute approximate surface area is 162 Å². The largest absolute Gasteiger partial charge is 0.490 e. The standard InChI is InChI=1S/C21H22N2O5/c1-5-25-16-9-13(6-7-15(16)26-11(2)3)18-14(10-22)20(23)28-17-8-12(4)27-21(24)19(17)18/h6-9,11,18H,5,23H2,1-4H3/t18-/m0/s1. The van der Waals surface area contributed by atoms with Crippen molar-refractivity contribution in [2.75, 3.05) is 6.61 Å². The van der Waals surface area contributed by atoms with Crippen molar-refractivity contribution in [3.8, 4) is 23.3 Å². The highest BCUT2D eigenvalue weighted by molar-refractivity contribution is 5.57. The summed E-state index contributed by atoms with van der Waals surface area (Å²) in [5.74, 6) is 1.03. The number of nitrogens with zero attached hydrogens (tertiary/aromatic N) is 1. The highest BCUT2D eigenvalue weighted by Gasteiger charge is 2.34. The van der Waals surface area contributed by atoms with Gasteiger partial charge in [0.05, 0.1) is 24.2 Å². The fourth-order valence-electron chi connectivity index (χ4n) is 3.17. The number of fused-ring (bicyclic) bond motifs is 1. The van der Waals surface area contributed by atoms with Gasteiger partial charge < -0.3 is 24.4 Å². The molecule has 0 unspecified atom stereocenters. The summed E-state index contributed by atoms with van der Waals surface area (Å²) >= 11 is 0. The van der Waals surface area contributed by atoms with E-state index in [0.717, 1.165) is 0 Å². The van der Waals surface area contributed by atoms with Crippen LogP contribution >= 0.6 is 0 Å². The van der Waals surface area contributed by atoms with Gasteiger partial charge >= 0.3 is 5.63 Å². The average molecular weight is 382 g/mol. The number of allylic oxidation sites excluding steroid dienone is 1. The molecule has 3 rings (SSSR count). The topological polar surface area (TPSA) is 108 Å². The van der Waals surface area contributed by atoms with Gasteiger partial charge in [-0.15, -0.1) is 0 Å². The van der Waals surface area contributed by atoms with Crippen molar-refractivity contribution >= 4 is 0 Å². The molecule has 0 amide bonds. The van der Waals surface area contributed by atoms with Crippen LogP contribution in [-0.4, -0.2) is 12.7 Å². The van der Waals surface area contributed by atoms with Gasteiger partial charge in [-0.05, 0) is 45.4 Å². The third-order valence-corrected chi connectivity index (χ3v) is 4.22. The maximum Gasteiger partial charge on any atom is 0.343 e. The minimum absolute atomic E-state index is 0.0332. The van der Waals surface area contributed by atoms with E-state index in [-0.39, 0.29) is 28.9 Å². The summed E-state index contributed by atoms with van der Waals surface area (Å²) in [5.41, 5.74) is 6.43. The summed E-state index contributed by atoms with van der Waals surface area (Å²) in [6, 6.07) is 8.94. The first kappa shape index (κ1) is 19.4. The van der Waals surface area contributed by atoms with Crippen molar-refractivity contribution < 1.29 is 18.6 Å². The molecule has 146 valence electrons. The van der Waals surface area contributed by atoms with Gasteiger partial charge in [0.25, 0.3) is 0 Å². The molecular weight excluding hydrogens is 360 g/mol. The molecular formula is C21H22N2O5. The van der Waals surface area contributed by atoms with Gasteiger partial charge in [0.1, 0.15) is 23.2 Å². The fraction of sp³-hybridized carbons (Fsp3) is 0.333. The third kappa shape index (κ3) is 3.54. The summed E-state index contributed by atoms with van der Waals surface area (Å²) in [6.45, 7) is 7.79. The first-order valence-corrected chi connectivity index (χ1v) is 9.01. The molecule has 0 spiro atoms. The SMILES string of the molecule is CCOc1cc([C@H]2C(C#N)=C(N)Oc3cc(C)oc(=O)c32)ccc1OC(C)C. The van der Waals surface area contributed by atoms with Crippen LogP contribution in [-0.2, 0) is 0 Å². The Morgan fingerprint density at radius 2 is 2.04 bits per heavy atom. The van der Waals surface area contributed by atoms with Crippen LogP contribution in [0.2, 0.25) is 0 Å². The number of rotatable bonds is 5. The zero-order valence-corrected chi connectivity index (χ0v) is 16.2. The quantitative estimate of drug-likeness (QED) is 0.845. The molecule has 1 aromatic carbocycles. The normalized spacial score (nSPS) is 15.6. The van der Waals surface area contributed by atoms with Gasteiger partial charge in [0.15, 0.2) is 11.5 Å². The lowest BCUT2D eigenvalue weighted by Crippen LogP contribution is -2.26. The first-order chi connectivity index (χ1) is 13.3. The van der Waals surface area contributed by atoms with Crippen molar-refractivity contribution in [3.63, 3.8) is 0 Å². The second-order valence-corrected chi connectivity index (χ2v) is 6.65. The van der Waals surface area contributed by atoms with E-state index < -0.39 is 11.5 Å². The van der Waals surface area contributed by atoms with E-state index in [9.17, 15) is 10.1 Å². The van der Waals surface area contributed by atoms with Crippen molar-refractivity contribution in [1.29, 1.82) is 5.26 Å². The Kier molecular flexibility index (Phi) is 5.32. The lowest BCUT2D eigenvalue weighted by Gasteiger charge is -2.26. The molecule has 28 heavy (non-hydrogen) atoms. The summed E-state index contributed by atoms with van der Waals surface area (Å²) in [5, 5.41) is 9.65. The van der Waals surface area contributed by atoms with Crippen LogP contribution in [0.5, 0.6) is 17.2 Å². The van der Waals surface area contributed by atoms with Crippen molar-refractivity contribution in [1.82, 2.24) is 0 Å². The number of ether oxygens (including phenoxy) is 3. The van der Waals surface area contributed by atoms with Crippen molar-refractivity contribution in [2.24, 2.45) is 5.73 Å². The molecule has 0 saturated heterocycles. The highest BCUT2D eigenvalue weighted by Crippen LogP contribution is 2.42. The molecule has 0 radical (unpaired) electrons. The lowest BCUT2D eigenvalue weighted by molar-refractivity contribution is 0.223. The fourth-order valence-corrected chi connectivity index (χ4v) is 3.17. The molecule has 1 aromatic heterocycles.